The number of aromatic nitrogens is 2. The van der Waals surface area contributed by atoms with Gasteiger partial charge in [0.2, 0.25) is 5.91 Å². The number of aryl methyl sites for hydroxylation is 3. The number of hydrogen-bond donors (Lipinski definition) is 1. The third-order valence-corrected chi connectivity index (χ3v) is 5.44. The van der Waals surface area contributed by atoms with Crippen molar-refractivity contribution >= 4 is 5.91 Å². The summed E-state index contributed by atoms with van der Waals surface area (Å²) < 4.78 is 0. The van der Waals surface area contributed by atoms with E-state index in [1.807, 2.05) is 11.8 Å². The lowest BCUT2D eigenvalue weighted by molar-refractivity contribution is -0.131. The summed E-state index contributed by atoms with van der Waals surface area (Å²) in [5.41, 5.74) is 6.27. The average Bonchev–Trinajstić information content (AvgIpc) is 3.23. The summed E-state index contributed by atoms with van der Waals surface area (Å²) in [6.07, 6.45) is 6.32. The number of benzene rings is 1. The standard InChI is InChI=1S/C20H25N3O/c1-14-10-19(22-21-14)18-6-3-9-23(13-18)20(24)12-15-7-8-16-4-2-5-17(16)11-15/h7-8,10-11,18H,2-6,9,12-13H2,1H3,(H,21,22)/t18-/m0/s1. The van der Waals surface area contributed by atoms with E-state index in [4.69, 9.17) is 0 Å². The quantitative estimate of drug-likeness (QED) is 0.943. The first-order valence-electron chi connectivity index (χ1n) is 9.09. The molecule has 1 N–H and O–H groups in total. The molecular weight excluding hydrogens is 298 g/mol. The Morgan fingerprint density at radius 1 is 1.25 bits per heavy atom. The van der Waals surface area contributed by atoms with Gasteiger partial charge in [0.25, 0.3) is 0 Å². The summed E-state index contributed by atoms with van der Waals surface area (Å²) in [5, 5.41) is 7.41. The SMILES string of the molecule is Cc1cc([C@H]2CCCN(C(=O)Cc3ccc4c(c3)CCC4)C2)n[nH]1. The zero-order chi connectivity index (χ0) is 16.5. The number of nitrogens with one attached hydrogen (secondary N) is 1. The molecule has 0 bridgehead atoms. The number of H-pyrrole nitrogens is 1. The lowest BCUT2D eigenvalue weighted by atomic mass is 9.94. The fourth-order valence-electron chi connectivity index (χ4n) is 4.11. The van der Waals surface area contributed by atoms with Gasteiger partial charge in [-0.1, -0.05) is 18.2 Å². The van der Waals surface area contributed by atoms with Crippen molar-refractivity contribution in [2.24, 2.45) is 0 Å². The van der Waals surface area contributed by atoms with E-state index < -0.39 is 0 Å². The van der Waals surface area contributed by atoms with Crippen LogP contribution in [-0.2, 0) is 24.1 Å². The summed E-state index contributed by atoms with van der Waals surface area (Å²) in [4.78, 5) is 14.8. The number of nitrogens with zero attached hydrogens (tertiary/aromatic N) is 2. The second-order valence-corrected chi connectivity index (χ2v) is 7.29. The van der Waals surface area contributed by atoms with Crippen molar-refractivity contribution in [3.63, 3.8) is 0 Å². The molecule has 4 nitrogen and oxygen atoms in total. The average molecular weight is 323 g/mol. The third kappa shape index (κ3) is 3.10. The normalized spacial score (nSPS) is 20.2. The lowest BCUT2D eigenvalue weighted by Gasteiger charge is -2.32. The van der Waals surface area contributed by atoms with Crippen molar-refractivity contribution in [3.8, 4) is 0 Å². The zero-order valence-corrected chi connectivity index (χ0v) is 14.3. The monoisotopic (exact) mass is 323 g/mol. The first kappa shape index (κ1) is 15.4. The Hall–Kier alpha value is -2.10. The highest BCUT2D eigenvalue weighted by Crippen LogP contribution is 2.27. The van der Waals surface area contributed by atoms with Gasteiger partial charge >= 0.3 is 0 Å². The van der Waals surface area contributed by atoms with E-state index in [-0.39, 0.29) is 5.91 Å². The van der Waals surface area contributed by atoms with Crippen molar-refractivity contribution in [2.45, 2.75) is 51.4 Å². The number of hydrogen-bond acceptors (Lipinski definition) is 2. The van der Waals surface area contributed by atoms with Crippen molar-refractivity contribution in [1.82, 2.24) is 15.1 Å². The lowest BCUT2D eigenvalue weighted by Crippen LogP contribution is -2.40. The van der Waals surface area contributed by atoms with Crippen molar-refractivity contribution in [2.75, 3.05) is 13.1 Å². The smallest absolute Gasteiger partial charge is 0.227 e. The maximum Gasteiger partial charge on any atom is 0.227 e. The number of carbonyl (C=O) groups is 1. The van der Waals surface area contributed by atoms with Crippen LogP contribution in [0.1, 0.15) is 53.3 Å². The van der Waals surface area contributed by atoms with Crippen LogP contribution in [0.2, 0.25) is 0 Å². The Morgan fingerprint density at radius 2 is 2.12 bits per heavy atom. The highest BCUT2D eigenvalue weighted by molar-refractivity contribution is 5.79. The van der Waals surface area contributed by atoms with Crippen LogP contribution in [-0.4, -0.2) is 34.1 Å². The van der Waals surface area contributed by atoms with Crippen LogP contribution in [0.5, 0.6) is 0 Å². The zero-order valence-electron chi connectivity index (χ0n) is 14.3. The van der Waals surface area contributed by atoms with E-state index in [0.717, 1.165) is 37.3 Å². The Morgan fingerprint density at radius 3 is 2.96 bits per heavy atom. The highest BCUT2D eigenvalue weighted by Gasteiger charge is 2.26. The molecule has 1 aromatic carbocycles. The van der Waals surface area contributed by atoms with E-state index in [1.54, 1.807) is 0 Å². The highest BCUT2D eigenvalue weighted by atomic mass is 16.2. The molecule has 1 fully saturated rings. The molecular formula is C20H25N3O. The van der Waals surface area contributed by atoms with Gasteiger partial charge in [-0.2, -0.15) is 5.10 Å². The van der Waals surface area contributed by atoms with Gasteiger partial charge in [-0.3, -0.25) is 9.89 Å². The number of rotatable bonds is 3. The minimum Gasteiger partial charge on any atom is -0.342 e. The second kappa shape index (κ2) is 6.42. The van der Waals surface area contributed by atoms with Gasteiger partial charge < -0.3 is 4.90 Å². The van der Waals surface area contributed by atoms with Gasteiger partial charge in [-0.15, -0.1) is 0 Å². The fourth-order valence-corrected chi connectivity index (χ4v) is 4.11. The Labute approximate surface area is 143 Å². The molecule has 126 valence electrons. The van der Waals surface area contributed by atoms with Crippen LogP contribution in [0.3, 0.4) is 0 Å². The largest absolute Gasteiger partial charge is 0.342 e. The van der Waals surface area contributed by atoms with Crippen molar-refractivity contribution < 1.29 is 4.79 Å². The Bertz CT molecular complexity index is 749. The third-order valence-electron chi connectivity index (χ3n) is 5.44. The summed E-state index contributed by atoms with van der Waals surface area (Å²) in [7, 11) is 0. The molecule has 2 heterocycles. The molecule has 0 unspecified atom stereocenters. The van der Waals surface area contributed by atoms with Crippen molar-refractivity contribution in [3.05, 3.63) is 52.3 Å². The molecule has 1 aromatic heterocycles. The molecule has 2 aliphatic rings. The molecule has 1 amide bonds. The predicted octanol–water partition coefficient (Wildman–Crippen LogP) is 3.16. The topological polar surface area (TPSA) is 49.0 Å². The molecule has 2 aromatic rings. The molecule has 1 aliphatic carbocycles. The first-order valence-corrected chi connectivity index (χ1v) is 9.09. The number of fused-ring (bicyclic) bond motifs is 1. The molecule has 1 atom stereocenters. The first-order chi connectivity index (χ1) is 11.7. The van der Waals surface area contributed by atoms with Crippen molar-refractivity contribution in [1.29, 1.82) is 0 Å². The van der Waals surface area contributed by atoms with Gasteiger partial charge in [-0.25, -0.2) is 0 Å². The van der Waals surface area contributed by atoms with Gasteiger partial charge in [0.15, 0.2) is 0 Å². The molecule has 4 heteroatoms. The van der Waals surface area contributed by atoms with E-state index in [9.17, 15) is 4.79 Å². The summed E-state index contributed by atoms with van der Waals surface area (Å²) in [6, 6.07) is 8.72. The van der Waals surface area contributed by atoms with E-state index in [2.05, 4.69) is 34.5 Å². The number of aromatic amines is 1. The Kier molecular flexibility index (Phi) is 4.13. The number of carbonyl (C=O) groups excluding carboxylic acids is 1. The maximum atomic E-state index is 12.7. The molecule has 1 aliphatic heterocycles. The molecule has 4 rings (SSSR count). The van der Waals surface area contributed by atoms with Gasteiger partial charge in [0.05, 0.1) is 12.1 Å². The van der Waals surface area contributed by atoms with Crippen LogP contribution in [0, 0.1) is 6.92 Å². The number of likely N-dealkylation sites (tertiary alicyclic amines) is 1. The second-order valence-electron chi connectivity index (χ2n) is 7.29. The molecule has 0 spiro atoms. The molecule has 24 heavy (non-hydrogen) atoms. The summed E-state index contributed by atoms with van der Waals surface area (Å²) in [6.45, 7) is 3.70. The number of amides is 1. The summed E-state index contributed by atoms with van der Waals surface area (Å²) in [5.74, 6) is 0.623. The van der Waals surface area contributed by atoms with E-state index >= 15 is 0 Å². The Balaban J connectivity index is 1.42. The maximum absolute atomic E-state index is 12.7. The molecule has 1 saturated heterocycles. The minimum atomic E-state index is 0.255. The summed E-state index contributed by atoms with van der Waals surface area (Å²) >= 11 is 0. The molecule has 0 radical (unpaired) electrons. The van der Waals surface area contributed by atoms with E-state index in [1.165, 1.54) is 36.0 Å². The molecule has 0 saturated carbocycles. The van der Waals surface area contributed by atoms with Gasteiger partial charge in [0, 0.05) is 24.7 Å². The van der Waals surface area contributed by atoms with Crippen LogP contribution in [0.25, 0.3) is 0 Å². The van der Waals surface area contributed by atoms with Gasteiger partial charge in [0.1, 0.15) is 0 Å². The van der Waals surface area contributed by atoms with Crippen LogP contribution in [0.15, 0.2) is 24.3 Å². The minimum absolute atomic E-state index is 0.255. The van der Waals surface area contributed by atoms with E-state index in [0.29, 0.717) is 12.3 Å². The van der Waals surface area contributed by atoms with Crippen LogP contribution < -0.4 is 0 Å². The van der Waals surface area contributed by atoms with Gasteiger partial charge in [-0.05, 0) is 61.8 Å². The fraction of sp³-hybridized carbons (Fsp3) is 0.500. The van der Waals surface area contributed by atoms with Crippen LogP contribution >= 0.6 is 0 Å². The van der Waals surface area contributed by atoms with Crippen LogP contribution in [0.4, 0.5) is 0 Å². The number of piperidine rings is 1. The predicted molar refractivity (Wildman–Crippen MR) is 94.1 cm³/mol.